The molecule has 0 unspecified atom stereocenters. The molecular formula is C31H31N3O4S. The van der Waals surface area contributed by atoms with Crippen molar-refractivity contribution in [3.05, 3.63) is 125 Å². The average Bonchev–Trinajstić information content (AvgIpc) is 3.00. The molecule has 5 rings (SSSR count). The zero-order valence-corrected chi connectivity index (χ0v) is 22.5. The molecule has 1 saturated heterocycles. The summed E-state index contributed by atoms with van der Waals surface area (Å²) < 4.78 is 13.0. The van der Waals surface area contributed by atoms with Crippen molar-refractivity contribution in [3.63, 3.8) is 0 Å². The van der Waals surface area contributed by atoms with Crippen molar-refractivity contribution in [1.82, 2.24) is 15.3 Å². The fourth-order valence-electron chi connectivity index (χ4n) is 4.49. The molecule has 200 valence electrons. The van der Waals surface area contributed by atoms with Gasteiger partial charge in [0.2, 0.25) is 0 Å². The monoisotopic (exact) mass is 541 g/mol. The van der Waals surface area contributed by atoms with Crippen molar-refractivity contribution in [2.45, 2.75) is 43.7 Å². The summed E-state index contributed by atoms with van der Waals surface area (Å²) in [5.74, 6) is 0.648. The molecular weight excluding hydrogens is 510 g/mol. The van der Waals surface area contributed by atoms with Crippen LogP contribution >= 0.6 is 11.8 Å². The number of nitrogens with zero attached hydrogens (tertiary/aromatic N) is 2. The van der Waals surface area contributed by atoms with Crippen LogP contribution in [-0.2, 0) is 22.6 Å². The van der Waals surface area contributed by atoms with Gasteiger partial charge in [-0.05, 0) is 34.9 Å². The first-order valence-electron chi connectivity index (χ1n) is 12.9. The van der Waals surface area contributed by atoms with E-state index in [0.717, 1.165) is 22.3 Å². The number of amides is 1. The van der Waals surface area contributed by atoms with Crippen LogP contribution in [0.3, 0.4) is 0 Å². The lowest BCUT2D eigenvalue weighted by molar-refractivity contribution is -0.268. The minimum Gasteiger partial charge on any atom is -0.392 e. The van der Waals surface area contributed by atoms with Crippen molar-refractivity contribution in [2.24, 2.45) is 5.92 Å². The maximum Gasteiger partial charge on any atom is 0.251 e. The molecule has 1 aromatic heterocycles. The first-order chi connectivity index (χ1) is 19.1. The summed E-state index contributed by atoms with van der Waals surface area (Å²) in [5.41, 5.74) is 4.42. The number of aromatic nitrogens is 2. The molecule has 1 aliphatic rings. The predicted octanol–water partition coefficient (Wildman–Crippen LogP) is 5.48. The molecule has 3 aromatic carbocycles. The summed E-state index contributed by atoms with van der Waals surface area (Å²) in [4.78, 5) is 21.1. The Labute approximate surface area is 232 Å². The van der Waals surface area contributed by atoms with Crippen LogP contribution < -0.4 is 5.32 Å². The van der Waals surface area contributed by atoms with Crippen molar-refractivity contribution < 1.29 is 19.4 Å². The smallest absolute Gasteiger partial charge is 0.251 e. The SMILES string of the molecule is C[C@H]1[C@@H](CSc2ncccn2)O[C@@H](c2ccc(CNC(=O)c3ccccc3)cc2)O[C@H]1c1ccc(CO)cc1. The van der Waals surface area contributed by atoms with Crippen LogP contribution in [0.25, 0.3) is 0 Å². The van der Waals surface area contributed by atoms with E-state index in [1.165, 1.54) is 0 Å². The molecule has 7 nitrogen and oxygen atoms in total. The Morgan fingerprint density at radius 3 is 2.23 bits per heavy atom. The summed E-state index contributed by atoms with van der Waals surface area (Å²) in [6, 6.07) is 26.8. The highest BCUT2D eigenvalue weighted by atomic mass is 32.2. The zero-order chi connectivity index (χ0) is 27.0. The van der Waals surface area contributed by atoms with Gasteiger partial charge in [0.25, 0.3) is 5.91 Å². The second-order valence-corrected chi connectivity index (χ2v) is 10.4. The summed E-state index contributed by atoms with van der Waals surface area (Å²) in [6.45, 7) is 2.56. The van der Waals surface area contributed by atoms with E-state index in [9.17, 15) is 9.90 Å². The summed E-state index contributed by atoms with van der Waals surface area (Å²) in [7, 11) is 0. The lowest BCUT2D eigenvalue weighted by Crippen LogP contribution is -2.38. The van der Waals surface area contributed by atoms with Gasteiger partial charge in [0.15, 0.2) is 11.4 Å². The number of rotatable bonds is 9. The third-order valence-corrected chi connectivity index (χ3v) is 7.75. The van der Waals surface area contributed by atoms with Gasteiger partial charge < -0.3 is 19.9 Å². The van der Waals surface area contributed by atoms with Crippen LogP contribution in [0.4, 0.5) is 0 Å². The molecule has 0 bridgehead atoms. The van der Waals surface area contributed by atoms with Crippen molar-refractivity contribution >= 4 is 17.7 Å². The van der Waals surface area contributed by atoms with Crippen LogP contribution in [0, 0.1) is 5.92 Å². The van der Waals surface area contributed by atoms with E-state index in [1.54, 1.807) is 42.4 Å². The van der Waals surface area contributed by atoms with Gasteiger partial charge >= 0.3 is 0 Å². The quantitative estimate of drug-likeness (QED) is 0.214. The first-order valence-corrected chi connectivity index (χ1v) is 13.9. The molecule has 1 amide bonds. The predicted molar refractivity (Wildman–Crippen MR) is 150 cm³/mol. The normalized spacial score (nSPS) is 20.9. The summed E-state index contributed by atoms with van der Waals surface area (Å²) >= 11 is 1.57. The molecule has 1 aliphatic heterocycles. The molecule has 0 aliphatic carbocycles. The van der Waals surface area contributed by atoms with Gasteiger partial charge in [-0.15, -0.1) is 0 Å². The van der Waals surface area contributed by atoms with E-state index in [0.29, 0.717) is 23.0 Å². The number of hydrogen-bond donors (Lipinski definition) is 2. The van der Waals surface area contributed by atoms with Crippen LogP contribution in [0.15, 0.2) is 102 Å². The van der Waals surface area contributed by atoms with Gasteiger partial charge in [0.05, 0.1) is 18.8 Å². The maximum atomic E-state index is 12.4. The number of carbonyl (C=O) groups is 1. The Morgan fingerprint density at radius 2 is 1.54 bits per heavy atom. The highest BCUT2D eigenvalue weighted by Crippen LogP contribution is 2.42. The Kier molecular flexibility index (Phi) is 9.00. The van der Waals surface area contributed by atoms with Gasteiger partial charge in [0.1, 0.15) is 0 Å². The maximum absolute atomic E-state index is 12.4. The lowest BCUT2D eigenvalue weighted by Gasteiger charge is -2.41. The van der Waals surface area contributed by atoms with Crippen LogP contribution in [0.5, 0.6) is 0 Å². The molecule has 2 heterocycles. The number of thioether (sulfide) groups is 1. The number of hydrogen-bond acceptors (Lipinski definition) is 7. The van der Waals surface area contributed by atoms with Gasteiger partial charge in [-0.3, -0.25) is 4.79 Å². The van der Waals surface area contributed by atoms with Crippen LogP contribution in [0.1, 0.15) is 51.9 Å². The van der Waals surface area contributed by atoms with Crippen molar-refractivity contribution in [2.75, 3.05) is 5.75 Å². The van der Waals surface area contributed by atoms with E-state index < -0.39 is 6.29 Å². The Morgan fingerprint density at radius 1 is 0.872 bits per heavy atom. The van der Waals surface area contributed by atoms with E-state index in [1.807, 2.05) is 66.7 Å². The van der Waals surface area contributed by atoms with Gasteiger partial charge in [-0.2, -0.15) is 0 Å². The average molecular weight is 542 g/mol. The Bertz CT molecular complexity index is 1340. The number of nitrogens with one attached hydrogen (secondary N) is 1. The number of aliphatic hydroxyl groups excluding tert-OH is 1. The second-order valence-electron chi connectivity index (χ2n) is 9.45. The fraction of sp³-hybridized carbons (Fsp3) is 0.258. The number of aliphatic hydroxyl groups is 1. The van der Waals surface area contributed by atoms with Gasteiger partial charge in [-0.1, -0.05) is 85.4 Å². The van der Waals surface area contributed by atoms with Crippen molar-refractivity contribution in [1.29, 1.82) is 0 Å². The number of ether oxygens (including phenoxy) is 2. The zero-order valence-electron chi connectivity index (χ0n) is 21.6. The van der Waals surface area contributed by atoms with Crippen molar-refractivity contribution in [3.8, 4) is 0 Å². The number of benzene rings is 3. The lowest BCUT2D eigenvalue weighted by atomic mass is 9.91. The first kappa shape index (κ1) is 27.0. The molecule has 0 spiro atoms. The number of carbonyl (C=O) groups excluding carboxylic acids is 1. The molecule has 1 fully saturated rings. The standard InChI is InChI=1S/C31H31N3O4S/c1-21-27(20-39-31-32-16-5-17-33-31)37-30(38-28(21)24-12-10-23(19-35)11-13-24)26-14-8-22(9-15-26)18-34-29(36)25-6-3-2-4-7-25/h2-17,21,27-28,30,35H,18-20H2,1H3,(H,34,36)/t21-,27+,28+,30+/m0/s1. The molecule has 39 heavy (non-hydrogen) atoms. The minimum absolute atomic E-state index is 0.00157. The van der Waals surface area contributed by atoms with Crippen LogP contribution in [0.2, 0.25) is 0 Å². The largest absolute Gasteiger partial charge is 0.392 e. The van der Waals surface area contributed by atoms with E-state index in [2.05, 4.69) is 22.2 Å². The summed E-state index contributed by atoms with van der Waals surface area (Å²) in [5, 5.41) is 13.1. The van der Waals surface area contributed by atoms with Gasteiger partial charge in [0, 0.05) is 41.7 Å². The van der Waals surface area contributed by atoms with E-state index in [4.69, 9.17) is 9.47 Å². The molecule has 0 radical (unpaired) electrons. The highest BCUT2D eigenvalue weighted by Gasteiger charge is 2.38. The fourth-order valence-corrected chi connectivity index (χ4v) is 5.46. The highest BCUT2D eigenvalue weighted by molar-refractivity contribution is 7.99. The third-order valence-electron chi connectivity index (χ3n) is 6.78. The van der Waals surface area contributed by atoms with E-state index >= 15 is 0 Å². The Hall–Kier alpha value is -3.56. The Balaban J connectivity index is 1.30. The minimum atomic E-state index is -0.557. The molecule has 0 saturated carbocycles. The molecule has 4 atom stereocenters. The van der Waals surface area contributed by atoms with E-state index in [-0.39, 0.29) is 30.6 Å². The third kappa shape index (κ3) is 6.91. The van der Waals surface area contributed by atoms with Crippen LogP contribution in [-0.4, -0.2) is 32.8 Å². The molecule has 2 N–H and O–H groups in total. The summed E-state index contributed by atoms with van der Waals surface area (Å²) in [6.07, 6.45) is 2.62. The molecule has 4 aromatic rings. The molecule has 8 heteroatoms. The topological polar surface area (TPSA) is 93.6 Å². The van der Waals surface area contributed by atoms with Gasteiger partial charge in [-0.25, -0.2) is 9.97 Å². The second kappa shape index (κ2) is 13.0.